The van der Waals surface area contributed by atoms with Gasteiger partial charge in [-0.1, -0.05) is 20.3 Å². The molecule has 27 heavy (non-hydrogen) atoms. The van der Waals surface area contributed by atoms with Crippen molar-refractivity contribution in [1.29, 1.82) is 0 Å². The maximum atomic E-state index is 13.3. The van der Waals surface area contributed by atoms with Gasteiger partial charge in [-0.15, -0.1) is 0 Å². The topological polar surface area (TPSA) is 75.5 Å². The molecule has 148 valence electrons. The number of nitrogens with zero attached hydrogens (tertiary/aromatic N) is 1. The Morgan fingerprint density at radius 1 is 1.41 bits per heavy atom. The molecular formula is C18H23F2N3O3S. The lowest BCUT2D eigenvalue weighted by Crippen LogP contribution is -2.32. The molecule has 0 fully saturated rings. The molecule has 0 saturated heterocycles. The molecule has 1 unspecified atom stereocenters. The Morgan fingerprint density at radius 3 is 2.74 bits per heavy atom. The van der Waals surface area contributed by atoms with E-state index in [9.17, 15) is 18.7 Å². The van der Waals surface area contributed by atoms with E-state index in [1.54, 1.807) is 17.8 Å². The second-order valence-electron chi connectivity index (χ2n) is 5.98. The summed E-state index contributed by atoms with van der Waals surface area (Å²) < 4.78 is 36.5. The first-order valence-electron chi connectivity index (χ1n) is 8.52. The number of rotatable bonds is 3. The van der Waals surface area contributed by atoms with Gasteiger partial charge in [-0.3, -0.25) is 9.52 Å². The van der Waals surface area contributed by atoms with Crippen LogP contribution in [0.2, 0.25) is 0 Å². The third-order valence-electron chi connectivity index (χ3n) is 3.48. The molecule has 2 heterocycles. The summed E-state index contributed by atoms with van der Waals surface area (Å²) >= 11 is 1.26. The summed E-state index contributed by atoms with van der Waals surface area (Å²) in [6, 6.07) is 2.87. The number of anilines is 1. The maximum absolute atomic E-state index is 13.3. The molecule has 1 aromatic heterocycles. The van der Waals surface area contributed by atoms with Crippen molar-refractivity contribution >= 4 is 23.5 Å². The first kappa shape index (κ1) is 21.2. The van der Waals surface area contributed by atoms with E-state index in [1.807, 2.05) is 0 Å². The SMILES string of the molecule is CCC.Cn1cc2c(c1C(=O)Nc1ccc(F)c(F)c1)OCC(CO)NS2. The van der Waals surface area contributed by atoms with Gasteiger partial charge < -0.3 is 19.7 Å². The standard InChI is InChI=1S/C15H15F2N3O3S.C3H8/c1-20-5-12-14(23-7-9(6-21)19-24-12)13(20)15(22)18-8-2-3-10(16)11(17)4-8;1-3-2/h2-5,9,19,21H,6-7H2,1H3,(H,18,22);3H2,1-2H3. The number of ether oxygens (including phenoxy) is 1. The smallest absolute Gasteiger partial charge is 0.276 e. The van der Waals surface area contributed by atoms with Crippen molar-refractivity contribution in [3.8, 4) is 5.75 Å². The van der Waals surface area contributed by atoms with Crippen LogP contribution in [0.25, 0.3) is 0 Å². The number of carbonyl (C=O) groups excluding carboxylic acids is 1. The summed E-state index contributed by atoms with van der Waals surface area (Å²) in [5, 5.41) is 11.7. The Morgan fingerprint density at radius 2 is 2.11 bits per heavy atom. The van der Waals surface area contributed by atoms with Gasteiger partial charge in [-0.05, 0) is 24.1 Å². The van der Waals surface area contributed by atoms with Gasteiger partial charge in [-0.2, -0.15) is 0 Å². The lowest BCUT2D eigenvalue weighted by molar-refractivity contribution is 0.101. The number of hydrogen-bond donors (Lipinski definition) is 3. The average Bonchev–Trinajstić information content (AvgIpc) is 2.81. The summed E-state index contributed by atoms with van der Waals surface area (Å²) in [5.74, 6) is -2.15. The molecule has 1 aliphatic rings. The molecule has 0 aliphatic carbocycles. The lowest BCUT2D eigenvalue weighted by Gasteiger charge is -2.13. The molecule has 1 atom stereocenters. The molecule has 0 spiro atoms. The molecule has 1 amide bonds. The molecule has 1 aliphatic heterocycles. The molecule has 6 nitrogen and oxygen atoms in total. The van der Waals surface area contributed by atoms with Crippen molar-refractivity contribution < 1.29 is 23.4 Å². The largest absolute Gasteiger partial charge is 0.488 e. The van der Waals surface area contributed by atoms with Crippen LogP contribution in [0.4, 0.5) is 14.5 Å². The molecule has 9 heteroatoms. The van der Waals surface area contributed by atoms with Crippen molar-refractivity contribution in [1.82, 2.24) is 9.29 Å². The van der Waals surface area contributed by atoms with Crippen LogP contribution in [-0.2, 0) is 7.05 Å². The number of nitrogens with one attached hydrogen (secondary N) is 2. The van der Waals surface area contributed by atoms with Gasteiger partial charge >= 0.3 is 0 Å². The van der Waals surface area contributed by atoms with Crippen LogP contribution in [0, 0.1) is 11.6 Å². The third kappa shape index (κ3) is 5.21. The number of benzene rings is 1. The Labute approximate surface area is 161 Å². The van der Waals surface area contributed by atoms with Crippen LogP contribution >= 0.6 is 11.9 Å². The number of aryl methyl sites for hydroxylation is 1. The molecular weight excluding hydrogens is 376 g/mol. The first-order chi connectivity index (χ1) is 12.9. The van der Waals surface area contributed by atoms with Crippen molar-refractivity contribution in [2.24, 2.45) is 7.05 Å². The van der Waals surface area contributed by atoms with Gasteiger partial charge in [0.1, 0.15) is 6.61 Å². The fourth-order valence-corrected chi connectivity index (χ4v) is 3.17. The van der Waals surface area contributed by atoms with E-state index >= 15 is 0 Å². The predicted molar refractivity (Wildman–Crippen MR) is 101 cm³/mol. The van der Waals surface area contributed by atoms with Crippen LogP contribution in [0.1, 0.15) is 30.8 Å². The van der Waals surface area contributed by atoms with Crippen LogP contribution in [0.3, 0.4) is 0 Å². The highest BCUT2D eigenvalue weighted by molar-refractivity contribution is 7.97. The fraction of sp³-hybridized carbons (Fsp3) is 0.389. The number of carbonyl (C=O) groups is 1. The van der Waals surface area contributed by atoms with Crippen molar-refractivity contribution in [2.75, 3.05) is 18.5 Å². The summed E-state index contributed by atoms with van der Waals surface area (Å²) in [6.07, 6.45) is 2.97. The van der Waals surface area contributed by atoms with E-state index in [1.165, 1.54) is 24.4 Å². The molecule has 2 aromatic rings. The van der Waals surface area contributed by atoms with Gasteiger partial charge in [0, 0.05) is 25.0 Å². The predicted octanol–water partition coefficient (Wildman–Crippen LogP) is 3.32. The average molecular weight is 399 g/mol. The minimum Gasteiger partial charge on any atom is -0.488 e. The minimum absolute atomic E-state index is 0.0974. The minimum atomic E-state index is -1.04. The summed E-state index contributed by atoms with van der Waals surface area (Å²) in [6.45, 7) is 4.35. The lowest BCUT2D eigenvalue weighted by atomic mass is 10.2. The van der Waals surface area contributed by atoms with E-state index in [4.69, 9.17) is 4.74 Å². The molecule has 1 aromatic carbocycles. The monoisotopic (exact) mass is 399 g/mol. The van der Waals surface area contributed by atoms with E-state index in [0.29, 0.717) is 10.6 Å². The summed E-state index contributed by atoms with van der Waals surface area (Å²) in [5.41, 5.74) is 0.393. The zero-order valence-electron chi connectivity index (χ0n) is 15.4. The van der Waals surface area contributed by atoms with E-state index in [2.05, 4.69) is 23.9 Å². The van der Waals surface area contributed by atoms with Gasteiger partial charge in [0.15, 0.2) is 23.1 Å². The maximum Gasteiger partial charge on any atom is 0.276 e. The van der Waals surface area contributed by atoms with E-state index in [-0.39, 0.29) is 30.6 Å². The van der Waals surface area contributed by atoms with Gasteiger partial charge in [0.05, 0.1) is 17.5 Å². The molecule has 0 saturated carbocycles. The Balaban J connectivity index is 0.000000817. The van der Waals surface area contributed by atoms with Crippen LogP contribution in [0.5, 0.6) is 5.75 Å². The quantitative estimate of drug-likeness (QED) is 0.691. The van der Waals surface area contributed by atoms with Crippen LogP contribution < -0.4 is 14.8 Å². The number of aliphatic hydroxyl groups is 1. The number of aromatic nitrogens is 1. The first-order valence-corrected chi connectivity index (χ1v) is 9.34. The highest BCUT2D eigenvalue weighted by atomic mass is 32.2. The number of hydrogen-bond acceptors (Lipinski definition) is 5. The van der Waals surface area contributed by atoms with Crippen molar-refractivity contribution in [2.45, 2.75) is 31.2 Å². The Bertz CT molecular complexity index is 798. The van der Waals surface area contributed by atoms with Gasteiger partial charge in [-0.25, -0.2) is 8.78 Å². The molecule has 0 bridgehead atoms. The highest BCUT2D eigenvalue weighted by Crippen LogP contribution is 2.35. The number of amides is 1. The molecule has 3 N–H and O–H groups in total. The Hall–Kier alpha value is -2.10. The zero-order valence-corrected chi connectivity index (χ0v) is 16.2. The summed E-state index contributed by atoms with van der Waals surface area (Å²) in [7, 11) is 1.68. The molecule has 0 radical (unpaired) electrons. The zero-order chi connectivity index (χ0) is 20.0. The Kier molecular flexibility index (Phi) is 7.64. The fourth-order valence-electron chi connectivity index (χ4n) is 2.27. The number of aliphatic hydroxyl groups excluding tert-OH is 1. The van der Waals surface area contributed by atoms with Gasteiger partial charge in [0.25, 0.3) is 5.91 Å². The van der Waals surface area contributed by atoms with Gasteiger partial charge in [0.2, 0.25) is 0 Å². The van der Waals surface area contributed by atoms with Crippen LogP contribution in [0.15, 0.2) is 29.3 Å². The molecule has 3 rings (SSSR count). The number of halogens is 2. The van der Waals surface area contributed by atoms with E-state index in [0.717, 1.165) is 12.1 Å². The van der Waals surface area contributed by atoms with Crippen molar-refractivity contribution in [3.05, 3.63) is 41.7 Å². The second-order valence-corrected chi connectivity index (χ2v) is 6.86. The highest BCUT2D eigenvalue weighted by Gasteiger charge is 2.26. The number of fused-ring (bicyclic) bond motifs is 1. The van der Waals surface area contributed by atoms with Crippen molar-refractivity contribution in [3.63, 3.8) is 0 Å². The van der Waals surface area contributed by atoms with Crippen LogP contribution in [-0.4, -0.2) is 34.8 Å². The van der Waals surface area contributed by atoms with E-state index < -0.39 is 17.5 Å². The second kappa shape index (κ2) is 9.72. The normalized spacial score (nSPS) is 15.7. The third-order valence-corrected chi connectivity index (χ3v) is 4.44. The summed E-state index contributed by atoms with van der Waals surface area (Å²) in [4.78, 5) is 13.2.